The molecule has 3 rings (SSSR count). The van der Waals surface area contributed by atoms with Crippen LogP contribution in [0, 0.1) is 11.3 Å². The Morgan fingerprint density at radius 3 is 2.48 bits per heavy atom. The lowest BCUT2D eigenvalue weighted by molar-refractivity contribution is 0.464. The van der Waals surface area contributed by atoms with Gasteiger partial charge in [-0.15, -0.1) is 0 Å². The van der Waals surface area contributed by atoms with Crippen molar-refractivity contribution in [1.29, 1.82) is 5.26 Å². The second-order valence-electron chi connectivity index (χ2n) is 4.71. The molecule has 0 unspecified atom stereocenters. The molecule has 3 aromatic rings. The van der Waals surface area contributed by atoms with Crippen LogP contribution in [0.4, 0.5) is 5.82 Å². The Hall–Kier alpha value is -3.13. The topological polar surface area (TPSA) is 84.2 Å². The van der Waals surface area contributed by atoms with Crippen molar-refractivity contribution in [3.63, 3.8) is 0 Å². The van der Waals surface area contributed by atoms with Gasteiger partial charge in [0.1, 0.15) is 34.7 Å². The van der Waals surface area contributed by atoms with Gasteiger partial charge in [0.15, 0.2) is 0 Å². The second-order valence-corrected chi connectivity index (χ2v) is 4.71. The summed E-state index contributed by atoms with van der Waals surface area (Å²) in [6.07, 6.45) is 0. The summed E-state index contributed by atoms with van der Waals surface area (Å²) < 4.78 is 7.50. The van der Waals surface area contributed by atoms with Crippen molar-refractivity contribution in [2.75, 3.05) is 5.73 Å². The van der Waals surface area contributed by atoms with E-state index in [0.717, 1.165) is 10.9 Å². The molecule has 1 heterocycles. The summed E-state index contributed by atoms with van der Waals surface area (Å²) in [7, 11) is 1.82. The fourth-order valence-corrected chi connectivity index (χ4v) is 2.27. The number of aromatic nitrogens is 1. The van der Waals surface area contributed by atoms with Gasteiger partial charge in [0.25, 0.3) is 0 Å². The molecule has 0 spiro atoms. The van der Waals surface area contributed by atoms with Gasteiger partial charge in [-0.25, -0.2) is 0 Å². The van der Waals surface area contributed by atoms with Gasteiger partial charge in [0.2, 0.25) is 0 Å². The highest BCUT2D eigenvalue weighted by atomic mass is 16.5. The van der Waals surface area contributed by atoms with Gasteiger partial charge in [0.05, 0.1) is 5.52 Å². The summed E-state index contributed by atoms with van der Waals surface area (Å²) >= 11 is 0. The third kappa shape index (κ3) is 2.13. The maximum Gasteiger partial charge on any atom is 0.128 e. The van der Waals surface area contributed by atoms with Crippen LogP contribution in [0.1, 0.15) is 5.56 Å². The van der Waals surface area contributed by atoms with E-state index >= 15 is 0 Å². The molecule has 0 saturated heterocycles. The Balaban J connectivity index is 2.05. The molecule has 21 heavy (non-hydrogen) atoms. The number of phenolic OH excluding ortho intramolecular Hbond substituents is 1. The first kappa shape index (κ1) is 12.9. The number of ether oxygens (including phenoxy) is 1. The summed E-state index contributed by atoms with van der Waals surface area (Å²) in [6.45, 7) is 0. The van der Waals surface area contributed by atoms with Gasteiger partial charge in [-0.3, -0.25) is 0 Å². The molecule has 0 radical (unpaired) electrons. The molecule has 104 valence electrons. The molecule has 0 aliphatic rings. The lowest BCUT2D eigenvalue weighted by atomic mass is 10.1. The van der Waals surface area contributed by atoms with E-state index in [9.17, 15) is 10.4 Å². The van der Waals surface area contributed by atoms with Gasteiger partial charge in [-0.2, -0.15) is 5.26 Å². The highest BCUT2D eigenvalue weighted by Gasteiger charge is 2.13. The van der Waals surface area contributed by atoms with Gasteiger partial charge in [-0.05, 0) is 42.5 Å². The van der Waals surface area contributed by atoms with Crippen LogP contribution < -0.4 is 10.5 Å². The lowest BCUT2D eigenvalue weighted by Crippen LogP contribution is -1.96. The van der Waals surface area contributed by atoms with E-state index in [1.54, 1.807) is 34.9 Å². The molecule has 0 atom stereocenters. The Morgan fingerprint density at radius 2 is 1.81 bits per heavy atom. The Labute approximate surface area is 121 Å². The van der Waals surface area contributed by atoms with E-state index in [-0.39, 0.29) is 5.75 Å². The summed E-state index contributed by atoms with van der Waals surface area (Å²) in [5.74, 6) is 1.83. The molecule has 0 fully saturated rings. The fraction of sp³-hybridized carbons (Fsp3) is 0.0625. The van der Waals surface area contributed by atoms with Crippen LogP contribution in [0.5, 0.6) is 17.2 Å². The number of anilines is 1. The van der Waals surface area contributed by atoms with Crippen LogP contribution in [0.2, 0.25) is 0 Å². The van der Waals surface area contributed by atoms with Crippen molar-refractivity contribution in [3.8, 4) is 23.3 Å². The Morgan fingerprint density at radius 1 is 1.14 bits per heavy atom. The first-order valence-electron chi connectivity index (χ1n) is 6.35. The van der Waals surface area contributed by atoms with Crippen LogP contribution >= 0.6 is 0 Å². The number of nitrogens with zero attached hydrogens (tertiary/aromatic N) is 2. The number of phenols is 1. The second kappa shape index (κ2) is 4.76. The van der Waals surface area contributed by atoms with Crippen LogP contribution in [0.25, 0.3) is 10.9 Å². The van der Waals surface area contributed by atoms with Crippen LogP contribution in [-0.2, 0) is 7.05 Å². The minimum absolute atomic E-state index is 0.181. The standard InChI is InChI=1S/C16H13N3O2/c1-19-15-7-6-12(8-13(15)14(9-17)16(19)18)21-11-4-2-10(20)3-5-11/h2-8,20H,18H2,1H3. The minimum atomic E-state index is 0.181. The lowest BCUT2D eigenvalue weighted by Gasteiger charge is -2.06. The predicted molar refractivity (Wildman–Crippen MR) is 80.2 cm³/mol. The zero-order valence-corrected chi connectivity index (χ0v) is 11.4. The number of hydrogen-bond donors (Lipinski definition) is 2. The summed E-state index contributed by atoms with van der Waals surface area (Å²) in [5, 5.41) is 19.2. The van der Waals surface area contributed by atoms with Crippen molar-refractivity contribution in [1.82, 2.24) is 4.57 Å². The number of rotatable bonds is 2. The molecule has 3 N–H and O–H groups in total. The largest absolute Gasteiger partial charge is 0.508 e. The van der Waals surface area contributed by atoms with E-state index in [2.05, 4.69) is 6.07 Å². The van der Waals surface area contributed by atoms with Gasteiger partial charge in [0, 0.05) is 12.4 Å². The van der Waals surface area contributed by atoms with Gasteiger partial charge in [-0.1, -0.05) is 0 Å². The predicted octanol–water partition coefficient (Wildman–Crippen LogP) is 3.13. The molecular weight excluding hydrogens is 266 g/mol. The monoisotopic (exact) mass is 279 g/mol. The van der Waals surface area contributed by atoms with Crippen molar-refractivity contribution in [2.45, 2.75) is 0 Å². The molecule has 0 bridgehead atoms. The number of nitrogen functional groups attached to an aromatic ring is 1. The van der Waals surface area contributed by atoms with E-state index in [1.165, 1.54) is 0 Å². The number of aromatic hydroxyl groups is 1. The van der Waals surface area contributed by atoms with Crippen molar-refractivity contribution in [3.05, 3.63) is 48.0 Å². The molecule has 1 aromatic heterocycles. The fourth-order valence-electron chi connectivity index (χ4n) is 2.27. The zero-order chi connectivity index (χ0) is 15.0. The van der Waals surface area contributed by atoms with Crippen molar-refractivity contribution in [2.24, 2.45) is 7.05 Å². The molecule has 0 amide bonds. The Kier molecular flexibility index (Phi) is 2.92. The first-order chi connectivity index (χ1) is 10.1. The number of nitriles is 1. The minimum Gasteiger partial charge on any atom is -0.508 e. The molecular formula is C16H13N3O2. The quantitative estimate of drug-likeness (QED) is 0.754. The van der Waals surface area contributed by atoms with Crippen LogP contribution in [0.3, 0.4) is 0 Å². The highest BCUT2D eigenvalue weighted by Crippen LogP contribution is 2.32. The smallest absolute Gasteiger partial charge is 0.128 e. The molecule has 5 nitrogen and oxygen atoms in total. The van der Waals surface area contributed by atoms with Crippen molar-refractivity contribution < 1.29 is 9.84 Å². The maximum atomic E-state index is 9.26. The van der Waals surface area contributed by atoms with E-state index in [1.807, 2.05) is 19.2 Å². The summed E-state index contributed by atoms with van der Waals surface area (Å²) in [4.78, 5) is 0. The third-order valence-corrected chi connectivity index (χ3v) is 3.40. The van der Waals surface area contributed by atoms with Gasteiger partial charge >= 0.3 is 0 Å². The molecule has 2 aromatic carbocycles. The third-order valence-electron chi connectivity index (χ3n) is 3.40. The van der Waals surface area contributed by atoms with Gasteiger partial charge < -0.3 is 20.1 Å². The number of aryl methyl sites for hydroxylation is 1. The summed E-state index contributed by atoms with van der Waals surface area (Å²) in [5.41, 5.74) is 7.24. The number of benzene rings is 2. The van der Waals surface area contributed by atoms with E-state index in [0.29, 0.717) is 22.9 Å². The molecule has 0 saturated carbocycles. The van der Waals surface area contributed by atoms with Crippen LogP contribution in [0.15, 0.2) is 42.5 Å². The molecule has 5 heteroatoms. The van der Waals surface area contributed by atoms with Crippen LogP contribution in [-0.4, -0.2) is 9.67 Å². The first-order valence-corrected chi connectivity index (χ1v) is 6.35. The average molecular weight is 279 g/mol. The summed E-state index contributed by atoms with van der Waals surface area (Å²) in [6, 6.07) is 14.0. The number of hydrogen-bond acceptors (Lipinski definition) is 4. The zero-order valence-electron chi connectivity index (χ0n) is 11.4. The molecule has 0 aliphatic heterocycles. The average Bonchev–Trinajstić information content (AvgIpc) is 2.73. The van der Waals surface area contributed by atoms with E-state index in [4.69, 9.17) is 10.5 Å². The Bertz CT molecular complexity index is 858. The number of fused-ring (bicyclic) bond motifs is 1. The van der Waals surface area contributed by atoms with Crippen molar-refractivity contribution >= 4 is 16.7 Å². The van der Waals surface area contributed by atoms with E-state index < -0.39 is 0 Å². The number of nitrogens with two attached hydrogens (primary N) is 1. The maximum absolute atomic E-state index is 9.26. The normalized spacial score (nSPS) is 10.5. The molecule has 0 aliphatic carbocycles. The highest BCUT2D eigenvalue weighted by molar-refractivity contribution is 5.92. The SMILES string of the molecule is Cn1c(N)c(C#N)c2cc(Oc3ccc(O)cc3)ccc21.